The van der Waals surface area contributed by atoms with Crippen molar-refractivity contribution in [3.05, 3.63) is 29.8 Å². The van der Waals surface area contributed by atoms with Gasteiger partial charge in [-0.05, 0) is 44.2 Å². The Labute approximate surface area is 142 Å². The normalized spacial score (nSPS) is 23.7. The predicted octanol–water partition coefficient (Wildman–Crippen LogP) is 2.72. The molecule has 24 heavy (non-hydrogen) atoms. The Kier molecular flexibility index (Phi) is 4.69. The molecule has 1 N–H and O–H groups in total. The van der Waals surface area contributed by atoms with Gasteiger partial charge in [-0.15, -0.1) is 0 Å². The zero-order valence-corrected chi connectivity index (χ0v) is 14.2. The van der Waals surface area contributed by atoms with E-state index in [1.807, 2.05) is 4.90 Å². The van der Waals surface area contributed by atoms with E-state index in [2.05, 4.69) is 12.2 Å². The van der Waals surface area contributed by atoms with E-state index in [0.717, 1.165) is 25.9 Å². The average Bonchev–Trinajstić information content (AvgIpc) is 3.36. The van der Waals surface area contributed by atoms with Crippen LogP contribution in [0.3, 0.4) is 0 Å². The molecule has 1 aromatic carbocycles. The standard InChI is InChI=1S/C19H24N2O3/c1-12-6-8-21(9-7-12)19(24)17-11-16(17)18(23)20-15-5-3-4-14(10-15)13(2)22/h3-5,10,12,16-17H,6-9,11H2,1-2H3,(H,20,23). The number of nitrogens with one attached hydrogen (secondary N) is 1. The van der Waals surface area contributed by atoms with Gasteiger partial charge in [-0.3, -0.25) is 14.4 Å². The zero-order valence-electron chi connectivity index (χ0n) is 14.2. The fourth-order valence-electron chi connectivity index (χ4n) is 3.27. The first-order valence-corrected chi connectivity index (χ1v) is 8.66. The van der Waals surface area contributed by atoms with Crippen molar-refractivity contribution in [3.63, 3.8) is 0 Å². The van der Waals surface area contributed by atoms with Crippen molar-refractivity contribution in [1.29, 1.82) is 0 Å². The Morgan fingerprint density at radius 2 is 1.83 bits per heavy atom. The van der Waals surface area contributed by atoms with Crippen molar-refractivity contribution in [2.75, 3.05) is 18.4 Å². The smallest absolute Gasteiger partial charge is 0.228 e. The highest BCUT2D eigenvalue weighted by Crippen LogP contribution is 2.41. The Morgan fingerprint density at radius 1 is 1.12 bits per heavy atom. The maximum Gasteiger partial charge on any atom is 0.228 e. The molecule has 5 nitrogen and oxygen atoms in total. The van der Waals surface area contributed by atoms with Crippen molar-refractivity contribution >= 4 is 23.3 Å². The minimum atomic E-state index is -0.238. The molecule has 0 bridgehead atoms. The number of benzene rings is 1. The fourth-order valence-corrected chi connectivity index (χ4v) is 3.27. The zero-order chi connectivity index (χ0) is 17.3. The molecule has 2 unspecified atom stereocenters. The van der Waals surface area contributed by atoms with Crippen molar-refractivity contribution in [3.8, 4) is 0 Å². The monoisotopic (exact) mass is 328 g/mol. The predicted molar refractivity (Wildman–Crippen MR) is 91.7 cm³/mol. The summed E-state index contributed by atoms with van der Waals surface area (Å²) in [6, 6.07) is 6.90. The van der Waals surface area contributed by atoms with Crippen LogP contribution in [0.25, 0.3) is 0 Å². The van der Waals surface area contributed by atoms with E-state index in [9.17, 15) is 14.4 Å². The third kappa shape index (κ3) is 3.66. The lowest BCUT2D eigenvalue weighted by atomic mass is 9.99. The first-order valence-electron chi connectivity index (χ1n) is 8.66. The van der Waals surface area contributed by atoms with Gasteiger partial charge in [-0.2, -0.15) is 0 Å². The molecule has 0 aromatic heterocycles. The molecular weight excluding hydrogens is 304 g/mol. The highest BCUT2D eigenvalue weighted by molar-refractivity contribution is 6.01. The second-order valence-electron chi connectivity index (χ2n) is 7.08. The van der Waals surface area contributed by atoms with Gasteiger partial charge in [-0.1, -0.05) is 19.1 Å². The highest BCUT2D eigenvalue weighted by Gasteiger charge is 2.49. The SMILES string of the molecule is CC(=O)c1cccc(NC(=O)C2CC2C(=O)N2CCC(C)CC2)c1. The molecule has 128 valence electrons. The number of carbonyl (C=O) groups excluding carboxylic acids is 3. The Morgan fingerprint density at radius 3 is 2.50 bits per heavy atom. The molecule has 2 fully saturated rings. The highest BCUT2D eigenvalue weighted by atomic mass is 16.2. The molecular formula is C19H24N2O3. The van der Waals surface area contributed by atoms with Crippen LogP contribution in [0.4, 0.5) is 5.69 Å². The molecule has 1 aliphatic carbocycles. The molecule has 1 heterocycles. The summed E-state index contributed by atoms with van der Waals surface area (Å²) in [4.78, 5) is 38.1. The lowest BCUT2D eigenvalue weighted by molar-refractivity contribution is -0.135. The van der Waals surface area contributed by atoms with Crippen LogP contribution in [0.1, 0.15) is 43.5 Å². The third-order valence-electron chi connectivity index (χ3n) is 5.08. The van der Waals surface area contributed by atoms with Crippen molar-refractivity contribution in [2.45, 2.75) is 33.1 Å². The Hall–Kier alpha value is -2.17. The van der Waals surface area contributed by atoms with E-state index in [1.165, 1.54) is 6.92 Å². The minimum Gasteiger partial charge on any atom is -0.342 e. The summed E-state index contributed by atoms with van der Waals surface area (Å²) in [6.45, 7) is 5.33. The lowest BCUT2D eigenvalue weighted by Gasteiger charge is -2.30. The van der Waals surface area contributed by atoms with Crippen molar-refractivity contribution in [2.24, 2.45) is 17.8 Å². The number of hydrogen-bond donors (Lipinski definition) is 1. The number of rotatable bonds is 4. The van der Waals surface area contributed by atoms with Gasteiger partial charge < -0.3 is 10.2 Å². The maximum absolute atomic E-state index is 12.5. The number of nitrogens with zero attached hydrogens (tertiary/aromatic N) is 1. The fraction of sp³-hybridized carbons (Fsp3) is 0.526. The summed E-state index contributed by atoms with van der Waals surface area (Å²) in [5.41, 5.74) is 1.18. The van der Waals surface area contributed by atoms with Gasteiger partial charge in [0, 0.05) is 24.3 Å². The molecule has 5 heteroatoms. The van der Waals surface area contributed by atoms with E-state index in [4.69, 9.17) is 0 Å². The van der Waals surface area contributed by atoms with E-state index >= 15 is 0 Å². The largest absolute Gasteiger partial charge is 0.342 e. The molecule has 1 saturated carbocycles. The second kappa shape index (κ2) is 6.75. The van der Waals surface area contributed by atoms with Gasteiger partial charge >= 0.3 is 0 Å². The molecule has 3 rings (SSSR count). The number of amides is 2. The number of carbonyl (C=O) groups is 3. The molecule has 0 spiro atoms. The summed E-state index contributed by atoms with van der Waals surface area (Å²) in [5.74, 6) is 0.233. The summed E-state index contributed by atoms with van der Waals surface area (Å²) < 4.78 is 0. The van der Waals surface area contributed by atoms with E-state index in [0.29, 0.717) is 23.6 Å². The Balaban J connectivity index is 1.55. The number of ketones is 1. The van der Waals surface area contributed by atoms with Gasteiger partial charge in [0.2, 0.25) is 11.8 Å². The van der Waals surface area contributed by atoms with Gasteiger partial charge in [0.1, 0.15) is 0 Å². The minimum absolute atomic E-state index is 0.0371. The topological polar surface area (TPSA) is 66.5 Å². The van der Waals surface area contributed by atoms with Crippen LogP contribution in [-0.2, 0) is 9.59 Å². The molecule has 1 aromatic rings. The summed E-state index contributed by atoms with van der Waals surface area (Å²) in [7, 11) is 0. The maximum atomic E-state index is 12.5. The van der Waals surface area contributed by atoms with Crippen molar-refractivity contribution < 1.29 is 14.4 Å². The molecule has 2 atom stereocenters. The number of Topliss-reactive ketones (excluding diaryl/α,β-unsaturated/α-hetero) is 1. The molecule has 2 aliphatic rings. The summed E-state index contributed by atoms with van der Waals surface area (Å²) >= 11 is 0. The van der Waals surface area contributed by atoms with Crippen LogP contribution in [-0.4, -0.2) is 35.6 Å². The molecule has 2 amide bonds. The number of hydrogen-bond acceptors (Lipinski definition) is 3. The molecule has 1 aliphatic heterocycles. The third-order valence-corrected chi connectivity index (χ3v) is 5.08. The second-order valence-corrected chi connectivity index (χ2v) is 7.08. The Bertz CT molecular complexity index is 662. The number of anilines is 1. The number of piperidine rings is 1. The van der Waals surface area contributed by atoms with Crippen LogP contribution in [0.2, 0.25) is 0 Å². The van der Waals surface area contributed by atoms with Crippen LogP contribution in [0.15, 0.2) is 24.3 Å². The summed E-state index contributed by atoms with van der Waals surface area (Å²) in [6.07, 6.45) is 2.73. The van der Waals surface area contributed by atoms with Crippen LogP contribution >= 0.6 is 0 Å². The van der Waals surface area contributed by atoms with Gasteiger partial charge in [0.05, 0.1) is 11.8 Å². The van der Waals surface area contributed by atoms with Gasteiger partial charge in [0.25, 0.3) is 0 Å². The van der Waals surface area contributed by atoms with Crippen LogP contribution in [0.5, 0.6) is 0 Å². The molecule has 1 saturated heterocycles. The van der Waals surface area contributed by atoms with Gasteiger partial charge in [-0.25, -0.2) is 0 Å². The van der Waals surface area contributed by atoms with Crippen LogP contribution < -0.4 is 5.32 Å². The first kappa shape index (κ1) is 16.7. The number of likely N-dealkylation sites (tertiary alicyclic amines) is 1. The van der Waals surface area contributed by atoms with E-state index in [1.54, 1.807) is 24.3 Å². The van der Waals surface area contributed by atoms with E-state index in [-0.39, 0.29) is 29.4 Å². The molecule has 0 radical (unpaired) electrons. The quantitative estimate of drug-likeness (QED) is 0.864. The van der Waals surface area contributed by atoms with E-state index < -0.39 is 0 Å². The van der Waals surface area contributed by atoms with Crippen LogP contribution in [0, 0.1) is 17.8 Å². The van der Waals surface area contributed by atoms with Crippen molar-refractivity contribution in [1.82, 2.24) is 4.90 Å². The lowest BCUT2D eigenvalue weighted by Crippen LogP contribution is -2.39. The van der Waals surface area contributed by atoms with Gasteiger partial charge in [0.15, 0.2) is 5.78 Å². The summed E-state index contributed by atoms with van der Waals surface area (Å²) in [5, 5.41) is 2.83. The average molecular weight is 328 g/mol. The first-order chi connectivity index (χ1) is 11.5.